The Morgan fingerprint density at radius 1 is 1.00 bits per heavy atom. The predicted molar refractivity (Wildman–Crippen MR) is 106 cm³/mol. The SMILES string of the molecule is O=C(NCc1cccs1)c1ccc(NC2=NS(=O)(=O)c3ccccc32)cc1. The van der Waals surface area contributed by atoms with Gasteiger partial charge in [-0.2, -0.15) is 8.42 Å². The number of thiophene rings is 1. The lowest BCUT2D eigenvalue weighted by atomic mass is 10.1. The van der Waals surface area contributed by atoms with Crippen molar-refractivity contribution in [2.45, 2.75) is 11.4 Å². The van der Waals surface area contributed by atoms with E-state index in [0.717, 1.165) is 4.88 Å². The summed E-state index contributed by atoms with van der Waals surface area (Å²) in [5.41, 5.74) is 1.71. The van der Waals surface area contributed by atoms with Crippen LogP contribution < -0.4 is 10.6 Å². The van der Waals surface area contributed by atoms with Crippen molar-refractivity contribution in [2.24, 2.45) is 4.40 Å². The lowest BCUT2D eigenvalue weighted by molar-refractivity contribution is 0.0951. The number of nitrogens with one attached hydrogen (secondary N) is 2. The lowest BCUT2D eigenvalue weighted by Crippen LogP contribution is -2.22. The number of fused-ring (bicyclic) bond motifs is 1. The van der Waals surface area contributed by atoms with Crippen molar-refractivity contribution in [3.8, 4) is 0 Å². The molecule has 1 amide bonds. The number of anilines is 1. The molecule has 6 nitrogen and oxygen atoms in total. The summed E-state index contributed by atoms with van der Waals surface area (Å²) >= 11 is 1.59. The summed E-state index contributed by atoms with van der Waals surface area (Å²) in [6, 6.07) is 17.4. The number of amidine groups is 1. The molecule has 0 aliphatic carbocycles. The first-order chi connectivity index (χ1) is 13.0. The van der Waals surface area contributed by atoms with Gasteiger partial charge in [0.05, 0.1) is 6.54 Å². The zero-order chi connectivity index (χ0) is 18.9. The van der Waals surface area contributed by atoms with Crippen LogP contribution in [0.2, 0.25) is 0 Å². The summed E-state index contributed by atoms with van der Waals surface area (Å²) in [5, 5.41) is 7.84. The van der Waals surface area contributed by atoms with Gasteiger partial charge >= 0.3 is 0 Å². The van der Waals surface area contributed by atoms with Gasteiger partial charge in [0, 0.05) is 21.7 Å². The van der Waals surface area contributed by atoms with E-state index < -0.39 is 10.0 Å². The van der Waals surface area contributed by atoms with Gasteiger partial charge in [-0.05, 0) is 47.8 Å². The van der Waals surface area contributed by atoms with Crippen LogP contribution in [0.25, 0.3) is 0 Å². The van der Waals surface area contributed by atoms with Gasteiger partial charge in [-0.15, -0.1) is 15.7 Å². The number of carbonyl (C=O) groups is 1. The number of benzene rings is 2. The fourth-order valence-electron chi connectivity index (χ4n) is 2.72. The van der Waals surface area contributed by atoms with Gasteiger partial charge in [-0.3, -0.25) is 4.79 Å². The van der Waals surface area contributed by atoms with Gasteiger partial charge < -0.3 is 10.6 Å². The number of nitrogens with zero attached hydrogens (tertiary/aromatic N) is 1. The average molecular weight is 397 g/mol. The molecule has 1 aromatic heterocycles. The summed E-state index contributed by atoms with van der Waals surface area (Å²) in [4.78, 5) is 13.5. The zero-order valence-corrected chi connectivity index (χ0v) is 15.7. The molecule has 136 valence electrons. The molecule has 4 rings (SSSR count). The number of hydrogen-bond donors (Lipinski definition) is 2. The smallest absolute Gasteiger partial charge is 0.285 e. The Balaban J connectivity index is 1.46. The summed E-state index contributed by atoms with van der Waals surface area (Å²) in [5.74, 6) is 0.113. The molecule has 1 aliphatic heterocycles. The minimum Gasteiger partial charge on any atom is -0.347 e. The van der Waals surface area contributed by atoms with Crippen molar-refractivity contribution in [1.29, 1.82) is 0 Å². The summed E-state index contributed by atoms with van der Waals surface area (Å²) in [6.07, 6.45) is 0. The predicted octanol–water partition coefficient (Wildman–Crippen LogP) is 3.24. The first-order valence-corrected chi connectivity index (χ1v) is 10.5. The molecule has 2 heterocycles. The summed E-state index contributed by atoms with van der Waals surface area (Å²) in [7, 11) is -3.66. The molecule has 0 bridgehead atoms. The third-order valence-electron chi connectivity index (χ3n) is 4.04. The third kappa shape index (κ3) is 3.62. The molecule has 0 radical (unpaired) electrons. The van der Waals surface area contributed by atoms with Crippen LogP contribution in [0.3, 0.4) is 0 Å². The minimum absolute atomic E-state index is 0.166. The molecule has 1 aliphatic rings. The van der Waals surface area contributed by atoms with Crippen molar-refractivity contribution < 1.29 is 13.2 Å². The van der Waals surface area contributed by atoms with Crippen molar-refractivity contribution in [2.75, 3.05) is 5.32 Å². The quantitative estimate of drug-likeness (QED) is 0.707. The molecule has 0 spiro atoms. The Hall–Kier alpha value is -2.97. The third-order valence-corrected chi connectivity index (χ3v) is 6.26. The highest BCUT2D eigenvalue weighted by Gasteiger charge is 2.28. The number of rotatable bonds is 4. The molecule has 0 unspecified atom stereocenters. The molecule has 3 aromatic rings. The number of carbonyl (C=O) groups excluding carboxylic acids is 1. The highest BCUT2D eigenvalue weighted by atomic mass is 32.2. The monoisotopic (exact) mass is 397 g/mol. The Labute approximate surface area is 160 Å². The molecule has 2 aromatic carbocycles. The van der Waals surface area contributed by atoms with Crippen LogP contribution >= 0.6 is 11.3 Å². The van der Waals surface area contributed by atoms with Gasteiger partial charge in [-0.25, -0.2) is 0 Å². The lowest BCUT2D eigenvalue weighted by Gasteiger charge is -2.08. The zero-order valence-electron chi connectivity index (χ0n) is 14.0. The Morgan fingerprint density at radius 2 is 1.78 bits per heavy atom. The van der Waals surface area contributed by atoms with E-state index in [1.165, 1.54) is 6.07 Å². The molecule has 0 fully saturated rings. The summed E-state index contributed by atoms with van der Waals surface area (Å²) in [6.45, 7) is 0.488. The fourth-order valence-corrected chi connectivity index (χ4v) is 4.54. The van der Waals surface area contributed by atoms with E-state index in [9.17, 15) is 13.2 Å². The van der Waals surface area contributed by atoms with E-state index in [0.29, 0.717) is 23.4 Å². The molecule has 0 saturated heterocycles. The van der Waals surface area contributed by atoms with Crippen LogP contribution in [-0.2, 0) is 16.6 Å². The van der Waals surface area contributed by atoms with Crippen LogP contribution in [0.4, 0.5) is 5.69 Å². The Bertz CT molecular complexity index is 1120. The van der Waals surface area contributed by atoms with Crippen LogP contribution in [0.1, 0.15) is 20.8 Å². The number of hydrogen-bond acceptors (Lipinski definition) is 5. The van der Waals surface area contributed by atoms with Crippen LogP contribution in [-0.4, -0.2) is 20.2 Å². The van der Waals surface area contributed by atoms with Gasteiger partial charge in [0.2, 0.25) is 0 Å². The molecular formula is C19H15N3O3S2. The normalized spacial score (nSPS) is 14.3. The van der Waals surface area contributed by atoms with E-state index in [4.69, 9.17) is 0 Å². The van der Waals surface area contributed by atoms with Crippen molar-refractivity contribution >= 4 is 38.8 Å². The van der Waals surface area contributed by atoms with E-state index in [-0.39, 0.29) is 16.6 Å². The van der Waals surface area contributed by atoms with Gasteiger partial charge in [0.1, 0.15) is 4.90 Å². The first-order valence-electron chi connectivity index (χ1n) is 8.15. The van der Waals surface area contributed by atoms with Gasteiger partial charge in [0.15, 0.2) is 5.84 Å². The highest BCUT2D eigenvalue weighted by Crippen LogP contribution is 2.26. The fraction of sp³-hybridized carbons (Fsp3) is 0.0526. The molecule has 8 heteroatoms. The van der Waals surface area contributed by atoms with Crippen molar-refractivity contribution in [3.63, 3.8) is 0 Å². The molecule has 27 heavy (non-hydrogen) atoms. The largest absolute Gasteiger partial charge is 0.347 e. The minimum atomic E-state index is -3.66. The molecular weight excluding hydrogens is 382 g/mol. The van der Waals surface area contributed by atoms with E-state index in [2.05, 4.69) is 15.0 Å². The Kier molecular flexibility index (Phi) is 4.51. The Morgan fingerprint density at radius 3 is 2.52 bits per heavy atom. The first kappa shape index (κ1) is 17.4. The van der Waals surface area contributed by atoms with Crippen LogP contribution in [0, 0.1) is 0 Å². The van der Waals surface area contributed by atoms with Crippen LogP contribution in [0.15, 0.2) is 75.3 Å². The highest BCUT2D eigenvalue weighted by molar-refractivity contribution is 7.90. The topological polar surface area (TPSA) is 87.6 Å². The van der Waals surface area contributed by atoms with E-state index >= 15 is 0 Å². The van der Waals surface area contributed by atoms with Gasteiger partial charge in [0.25, 0.3) is 15.9 Å². The van der Waals surface area contributed by atoms with Crippen LogP contribution in [0.5, 0.6) is 0 Å². The maximum atomic E-state index is 12.2. The van der Waals surface area contributed by atoms with Gasteiger partial charge in [-0.1, -0.05) is 18.2 Å². The second-order valence-corrected chi connectivity index (χ2v) is 8.48. The second kappa shape index (κ2) is 6.98. The molecule has 0 saturated carbocycles. The maximum absolute atomic E-state index is 12.2. The van der Waals surface area contributed by atoms with E-state index in [1.54, 1.807) is 53.8 Å². The average Bonchev–Trinajstić information content (AvgIpc) is 3.27. The summed E-state index contributed by atoms with van der Waals surface area (Å²) < 4.78 is 28.0. The van der Waals surface area contributed by atoms with Crippen molar-refractivity contribution in [1.82, 2.24) is 5.32 Å². The second-order valence-electron chi connectivity index (χ2n) is 5.88. The standard InChI is InChI=1S/C19H15N3O3S2/c23-19(20-12-15-4-3-11-26-15)13-7-9-14(10-8-13)21-18-16-5-1-2-6-17(16)27(24,25)22-18/h1-11H,12H2,(H,20,23)(H,21,22). The number of sulfonamides is 1. The molecule has 0 atom stereocenters. The van der Waals surface area contributed by atoms with Crippen molar-refractivity contribution in [3.05, 3.63) is 82.0 Å². The maximum Gasteiger partial charge on any atom is 0.285 e. The molecule has 2 N–H and O–H groups in total. The number of amides is 1. The van der Waals surface area contributed by atoms with E-state index in [1.807, 2.05) is 17.5 Å².